The summed E-state index contributed by atoms with van der Waals surface area (Å²) in [6.45, 7) is 1.38. The van der Waals surface area contributed by atoms with E-state index in [1.54, 1.807) is 4.90 Å². The quantitative estimate of drug-likeness (QED) is 0.911. The molecule has 1 N–H and O–H groups in total. The molecule has 1 heterocycles. The molecule has 5 nitrogen and oxygen atoms in total. The zero-order chi connectivity index (χ0) is 14.7. The van der Waals surface area contributed by atoms with Crippen molar-refractivity contribution < 1.29 is 14.3 Å². The number of anilines is 1. The van der Waals surface area contributed by atoms with E-state index < -0.39 is 0 Å². The smallest absolute Gasteiger partial charge is 0.321 e. The second-order valence-electron chi connectivity index (χ2n) is 5.75. The molecule has 2 amide bonds. The van der Waals surface area contributed by atoms with Crippen molar-refractivity contribution >= 4 is 11.7 Å². The highest BCUT2D eigenvalue weighted by atomic mass is 16.7. The Balaban J connectivity index is 1.54. The number of benzene rings is 1. The molecule has 1 aromatic rings. The van der Waals surface area contributed by atoms with Crippen molar-refractivity contribution in [3.63, 3.8) is 0 Å². The van der Waals surface area contributed by atoms with Gasteiger partial charge < -0.3 is 19.7 Å². The zero-order valence-corrected chi connectivity index (χ0v) is 12.4. The van der Waals surface area contributed by atoms with Crippen LogP contribution in [0, 0.1) is 0 Å². The fraction of sp³-hybridized carbons (Fsp3) is 0.562. The van der Waals surface area contributed by atoms with Crippen LogP contribution in [-0.4, -0.2) is 43.0 Å². The maximum Gasteiger partial charge on any atom is 0.321 e. The van der Waals surface area contributed by atoms with Crippen LogP contribution >= 0.6 is 0 Å². The molecule has 3 rings (SSSR count). The van der Waals surface area contributed by atoms with Gasteiger partial charge in [0.2, 0.25) is 0 Å². The first-order chi connectivity index (χ1) is 10.2. The molecule has 0 radical (unpaired) electrons. The highest BCUT2D eigenvalue weighted by Crippen LogP contribution is 2.37. The Morgan fingerprint density at radius 1 is 1.19 bits per heavy atom. The second-order valence-corrected chi connectivity index (χ2v) is 5.75. The lowest BCUT2D eigenvalue weighted by atomic mass is 9.89. The molecule has 1 saturated carbocycles. The van der Waals surface area contributed by atoms with Crippen LogP contribution in [0.2, 0.25) is 0 Å². The van der Waals surface area contributed by atoms with Crippen molar-refractivity contribution in [3.05, 3.63) is 30.3 Å². The average Bonchev–Trinajstić information content (AvgIpc) is 2.96. The number of carbonyl (C=O) groups is 1. The van der Waals surface area contributed by atoms with Crippen molar-refractivity contribution in [2.24, 2.45) is 0 Å². The Morgan fingerprint density at radius 3 is 2.43 bits per heavy atom. The number of hydrogen-bond donors (Lipinski definition) is 1. The summed E-state index contributed by atoms with van der Waals surface area (Å²) in [4.78, 5) is 14.1. The third-order valence-corrected chi connectivity index (χ3v) is 4.42. The molecule has 1 saturated heterocycles. The number of nitrogens with one attached hydrogen (secondary N) is 1. The van der Waals surface area contributed by atoms with Gasteiger partial charge >= 0.3 is 6.03 Å². The average molecular weight is 290 g/mol. The topological polar surface area (TPSA) is 50.8 Å². The number of nitrogens with zero attached hydrogens (tertiary/aromatic N) is 1. The third-order valence-electron chi connectivity index (χ3n) is 4.42. The first-order valence-corrected chi connectivity index (χ1v) is 7.55. The van der Waals surface area contributed by atoms with Gasteiger partial charge in [-0.1, -0.05) is 18.2 Å². The molecule has 0 unspecified atom stereocenters. The van der Waals surface area contributed by atoms with Crippen LogP contribution in [0.5, 0.6) is 0 Å². The molecule has 1 aliphatic carbocycles. The molecule has 0 atom stereocenters. The van der Waals surface area contributed by atoms with Gasteiger partial charge in [-0.05, 0) is 25.0 Å². The summed E-state index contributed by atoms with van der Waals surface area (Å²) in [5, 5.41) is 2.92. The van der Waals surface area contributed by atoms with E-state index in [4.69, 9.17) is 9.47 Å². The summed E-state index contributed by atoms with van der Waals surface area (Å²) in [5.74, 6) is -0.368. The predicted octanol–water partition coefficient (Wildman–Crippen LogP) is 2.84. The Bertz CT molecular complexity index is 476. The van der Waals surface area contributed by atoms with E-state index in [1.807, 2.05) is 37.4 Å². The maximum atomic E-state index is 12.3. The Labute approximate surface area is 125 Å². The first kappa shape index (κ1) is 14.4. The number of carbonyl (C=O) groups excluding carboxylic acids is 1. The summed E-state index contributed by atoms with van der Waals surface area (Å²) in [6, 6.07) is 9.72. The van der Waals surface area contributed by atoms with E-state index in [2.05, 4.69) is 5.32 Å². The first-order valence-electron chi connectivity index (χ1n) is 7.55. The van der Waals surface area contributed by atoms with Crippen LogP contribution in [0.15, 0.2) is 30.3 Å². The van der Waals surface area contributed by atoms with Crippen LogP contribution in [0.3, 0.4) is 0 Å². The highest BCUT2D eigenvalue weighted by molar-refractivity contribution is 5.89. The largest absolute Gasteiger partial charge is 0.348 e. The zero-order valence-electron chi connectivity index (χ0n) is 12.4. The molecule has 0 bridgehead atoms. The normalized spacial score (nSPS) is 21.4. The van der Waals surface area contributed by atoms with Crippen LogP contribution < -0.4 is 5.32 Å². The van der Waals surface area contributed by atoms with Gasteiger partial charge in [-0.25, -0.2) is 4.79 Å². The summed E-state index contributed by atoms with van der Waals surface area (Å²) < 4.78 is 11.4. The Morgan fingerprint density at radius 2 is 1.81 bits per heavy atom. The lowest BCUT2D eigenvalue weighted by molar-refractivity contribution is -0.182. The van der Waals surface area contributed by atoms with Crippen LogP contribution in [0.25, 0.3) is 0 Å². The van der Waals surface area contributed by atoms with Crippen molar-refractivity contribution in [2.45, 2.75) is 37.5 Å². The minimum Gasteiger partial charge on any atom is -0.348 e. The van der Waals surface area contributed by atoms with Crippen molar-refractivity contribution in [3.8, 4) is 0 Å². The lowest BCUT2D eigenvalue weighted by Crippen LogP contribution is -2.46. The number of hydrogen-bond acceptors (Lipinski definition) is 3. The van der Waals surface area contributed by atoms with Gasteiger partial charge in [0.15, 0.2) is 5.79 Å². The highest BCUT2D eigenvalue weighted by Gasteiger charge is 2.41. The summed E-state index contributed by atoms with van der Waals surface area (Å²) >= 11 is 0. The van der Waals surface area contributed by atoms with Gasteiger partial charge in [-0.15, -0.1) is 0 Å². The second kappa shape index (κ2) is 6.03. The fourth-order valence-corrected chi connectivity index (χ4v) is 3.11. The molecule has 1 aromatic carbocycles. The predicted molar refractivity (Wildman–Crippen MR) is 80.1 cm³/mol. The van der Waals surface area contributed by atoms with Gasteiger partial charge in [0.05, 0.1) is 13.2 Å². The van der Waals surface area contributed by atoms with Gasteiger partial charge in [-0.2, -0.15) is 0 Å². The Kier molecular flexibility index (Phi) is 4.12. The molecule has 1 spiro atoms. The minimum absolute atomic E-state index is 0.0598. The van der Waals surface area contributed by atoms with E-state index in [0.29, 0.717) is 13.2 Å². The number of amides is 2. The SMILES string of the molecule is CN(C(=O)Nc1ccccc1)C1CCC2(CC1)OCCO2. The Hall–Kier alpha value is -1.59. The van der Waals surface area contributed by atoms with Crippen LogP contribution in [-0.2, 0) is 9.47 Å². The molecule has 2 fully saturated rings. The number of para-hydroxylation sites is 1. The third kappa shape index (κ3) is 3.19. The van der Waals surface area contributed by atoms with E-state index in [-0.39, 0.29) is 17.9 Å². The minimum atomic E-state index is -0.368. The van der Waals surface area contributed by atoms with Crippen molar-refractivity contribution in [1.82, 2.24) is 4.90 Å². The van der Waals surface area contributed by atoms with E-state index in [9.17, 15) is 4.79 Å². The monoisotopic (exact) mass is 290 g/mol. The van der Waals surface area contributed by atoms with Crippen molar-refractivity contribution in [2.75, 3.05) is 25.6 Å². The maximum absolute atomic E-state index is 12.3. The number of rotatable bonds is 2. The summed E-state index contributed by atoms with van der Waals surface area (Å²) in [7, 11) is 1.86. The van der Waals surface area contributed by atoms with Gasteiger partial charge in [0.25, 0.3) is 0 Å². The summed E-state index contributed by atoms with van der Waals surface area (Å²) in [6.07, 6.45) is 3.55. The van der Waals surface area contributed by atoms with E-state index in [0.717, 1.165) is 31.4 Å². The number of urea groups is 1. The van der Waals surface area contributed by atoms with E-state index >= 15 is 0 Å². The standard InChI is InChI=1S/C16H22N2O3/c1-18(15(19)17-13-5-3-2-4-6-13)14-7-9-16(10-8-14)20-11-12-21-16/h2-6,14H,7-12H2,1H3,(H,17,19). The molecular formula is C16H22N2O3. The molecule has 21 heavy (non-hydrogen) atoms. The summed E-state index contributed by atoms with van der Waals surface area (Å²) in [5.41, 5.74) is 0.823. The molecule has 1 aliphatic heterocycles. The van der Waals surface area contributed by atoms with Crippen molar-refractivity contribution in [1.29, 1.82) is 0 Å². The molecular weight excluding hydrogens is 268 g/mol. The number of ether oxygens (including phenoxy) is 2. The van der Waals surface area contributed by atoms with Crippen LogP contribution in [0.4, 0.5) is 10.5 Å². The van der Waals surface area contributed by atoms with E-state index in [1.165, 1.54) is 0 Å². The molecule has 2 aliphatic rings. The van der Waals surface area contributed by atoms with Gasteiger partial charge in [0.1, 0.15) is 0 Å². The lowest BCUT2D eigenvalue weighted by Gasteiger charge is -2.38. The molecule has 0 aromatic heterocycles. The molecule has 114 valence electrons. The molecule has 5 heteroatoms. The fourth-order valence-electron chi connectivity index (χ4n) is 3.11. The van der Waals surface area contributed by atoms with Gasteiger partial charge in [-0.3, -0.25) is 0 Å². The van der Waals surface area contributed by atoms with Gasteiger partial charge in [0, 0.05) is 31.6 Å². The van der Waals surface area contributed by atoms with Crippen LogP contribution in [0.1, 0.15) is 25.7 Å².